The molecule has 1 aliphatic heterocycles. The highest BCUT2D eigenvalue weighted by Gasteiger charge is 2.27. The molecule has 7 heteroatoms. The van der Waals surface area contributed by atoms with Crippen LogP contribution in [-0.2, 0) is 19.1 Å². The van der Waals surface area contributed by atoms with Crippen molar-refractivity contribution in [2.24, 2.45) is 0 Å². The van der Waals surface area contributed by atoms with Gasteiger partial charge in [0.2, 0.25) is 0 Å². The molecule has 0 unspecified atom stereocenters. The van der Waals surface area contributed by atoms with Crippen molar-refractivity contribution >= 4 is 23.7 Å². The molecular formula is C19H27NO5S. The van der Waals surface area contributed by atoms with E-state index in [0.29, 0.717) is 18.9 Å². The minimum atomic E-state index is -0.685. The molecule has 1 fully saturated rings. The molecule has 0 spiro atoms. The molecular weight excluding hydrogens is 354 g/mol. The summed E-state index contributed by atoms with van der Waals surface area (Å²) >= 11 is 1.65. The fourth-order valence-electron chi connectivity index (χ4n) is 2.81. The molecule has 26 heavy (non-hydrogen) atoms. The molecule has 2 atom stereocenters. The smallest absolute Gasteiger partial charge is 0.347 e. The number of carbonyl (C=O) groups excluding carboxylic acids is 2. The zero-order valence-corrected chi connectivity index (χ0v) is 16.4. The van der Waals surface area contributed by atoms with E-state index in [1.54, 1.807) is 25.6 Å². The molecule has 0 aromatic heterocycles. The molecule has 1 aromatic carbocycles. The van der Waals surface area contributed by atoms with Crippen LogP contribution in [0.3, 0.4) is 0 Å². The van der Waals surface area contributed by atoms with Crippen molar-refractivity contribution in [2.75, 3.05) is 32.5 Å². The first-order chi connectivity index (χ1) is 12.5. The van der Waals surface area contributed by atoms with Crippen LogP contribution in [0.1, 0.15) is 26.7 Å². The van der Waals surface area contributed by atoms with Gasteiger partial charge in [0.05, 0.1) is 13.2 Å². The van der Waals surface area contributed by atoms with E-state index in [0.717, 1.165) is 24.3 Å². The summed E-state index contributed by atoms with van der Waals surface area (Å²) in [5, 5.41) is 0. The van der Waals surface area contributed by atoms with Gasteiger partial charge in [0, 0.05) is 11.4 Å². The highest BCUT2D eigenvalue weighted by atomic mass is 32.2. The first-order valence-electron chi connectivity index (χ1n) is 8.91. The predicted molar refractivity (Wildman–Crippen MR) is 101 cm³/mol. The van der Waals surface area contributed by atoms with Gasteiger partial charge in [-0.1, -0.05) is 0 Å². The molecule has 1 aromatic rings. The molecule has 0 radical (unpaired) electrons. The Labute approximate surface area is 159 Å². The van der Waals surface area contributed by atoms with E-state index in [-0.39, 0.29) is 24.6 Å². The lowest BCUT2D eigenvalue weighted by Gasteiger charge is -2.32. The van der Waals surface area contributed by atoms with Crippen LogP contribution in [0.25, 0.3) is 0 Å². The number of ether oxygens (including phenoxy) is 3. The number of piperidine rings is 1. The molecule has 2 rings (SSSR count). The van der Waals surface area contributed by atoms with Gasteiger partial charge >= 0.3 is 11.9 Å². The minimum absolute atomic E-state index is 0.226. The zero-order valence-electron chi connectivity index (χ0n) is 15.6. The van der Waals surface area contributed by atoms with E-state index >= 15 is 0 Å². The van der Waals surface area contributed by atoms with Crippen LogP contribution in [0.15, 0.2) is 29.2 Å². The van der Waals surface area contributed by atoms with Gasteiger partial charge in [-0.25, -0.2) is 4.79 Å². The van der Waals surface area contributed by atoms with E-state index in [4.69, 9.17) is 14.2 Å². The molecule has 1 heterocycles. The van der Waals surface area contributed by atoms with Crippen LogP contribution in [0.2, 0.25) is 0 Å². The van der Waals surface area contributed by atoms with Crippen molar-refractivity contribution in [3.63, 3.8) is 0 Å². The number of esters is 2. The Morgan fingerprint density at radius 2 is 2.04 bits per heavy atom. The van der Waals surface area contributed by atoms with Gasteiger partial charge in [0.1, 0.15) is 11.9 Å². The summed E-state index contributed by atoms with van der Waals surface area (Å²) < 4.78 is 16.2. The Morgan fingerprint density at radius 3 is 2.69 bits per heavy atom. The quantitative estimate of drug-likeness (QED) is 0.507. The van der Waals surface area contributed by atoms with Crippen LogP contribution in [0.5, 0.6) is 5.75 Å². The molecule has 1 saturated heterocycles. The molecule has 0 aliphatic carbocycles. The van der Waals surface area contributed by atoms with E-state index in [1.807, 2.05) is 35.4 Å². The lowest BCUT2D eigenvalue weighted by atomic mass is 10.1. The maximum Gasteiger partial charge on any atom is 0.347 e. The zero-order chi connectivity index (χ0) is 18.9. The summed E-state index contributed by atoms with van der Waals surface area (Å²) in [6.45, 7) is 5.42. The monoisotopic (exact) mass is 381 g/mol. The SMILES string of the molecule is CCOC(=O)CN1CCC[C@@H](OC(=O)[C@H](C)Oc2ccc(SC)cc2)C1. The van der Waals surface area contributed by atoms with E-state index in [9.17, 15) is 9.59 Å². The van der Waals surface area contributed by atoms with Gasteiger partial charge in [0.25, 0.3) is 0 Å². The summed E-state index contributed by atoms with van der Waals surface area (Å²) in [5.74, 6) is 0.00614. The number of nitrogens with zero attached hydrogens (tertiary/aromatic N) is 1. The highest BCUT2D eigenvalue weighted by molar-refractivity contribution is 7.98. The maximum atomic E-state index is 12.3. The van der Waals surface area contributed by atoms with Crippen molar-refractivity contribution in [1.29, 1.82) is 0 Å². The molecule has 0 amide bonds. The van der Waals surface area contributed by atoms with E-state index < -0.39 is 6.10 Å². The van der Waals surface area contributed by atoms with Gasteiger partial charge in [0.15, 0.2) is 6.10 Å². The fraction of sp³-hybridized carbons (Fsp3) is 0.579. The van der Waals surface area contributed by atoms with Crippen LogP contribution in [0.4, 0.5) is 0 Å². The van der Waals surface area contributed by atoms with E-state index in [1.165, 1.54) is 0 Å². The fourth-order valence-corrected chi connectivity index (χ4v) is 3.22. The average molecular weight is 381 g/mol. The van der Waals surface area contributed by atoms with Gasteiger partial charge < -0.3 is 14.2 Å². The Balaban J connectivity index is 1.80. The minimum Gasteiger partial charge on any atom is -0.479 e. The van der Waals surface area contributed by atoms with E-state index in [2.05, 4.69) is 0 Å². The summed E-state index contributed by atoms with van der Waals surface area (Å²) in [5.41, 5.74) is 0. The summed E-state index contributed by atoms with van der Waals surface area (Å²) in [6.07, 6.45) is 2.76. The number of thioether (sulfide) groups is 1. The van der Waals surface area contributed by atoms with Crippen LogP contribution < -0.4 is 4.74 Å². The number of benzene rings is 1. The third-order valence-electron chi connectivity index (χ3n) is 4.11. The first-order valence-corrected chi connectivity index (χ1v) is 10.1. The highest BCUT2D eigenvalue weighted by Crippen LogP contribution is 2.20. The molecule has 6 nitrogen and oxygen atoms in total. The second-order valence-corrected chi connectivity index (χ2v) is 7.06. The number of carbonyl (C=O) groups is 2. The molecule has 0 saturated carbocycles. The predicted octanol–water partition coefficient (Wildman–Crippen LogP) is 2.75. The standard InChI is InChI=1S/C19H27NO5S/c1-4-23-18(21)13-20-11-5-6-16(12-20)25-19(22)14(2)24-15-7-9-17(26-3)10-8-15/h7-10,14,16H,4-6,11-13H2,1-3H3/t14-,16+/m0/s1. The summed E-state index contributed by atoms with van der Waals surface area (Å²) in [7, 11) is 0. The molecule has 0 N–H and O–H groups in total. The number of rotatable bonds is 8. The summed E-state index contributed by atoms with van der Waals surface area (Å²) in [4.78, 5) is 27.0. The van der Waals surface area contributed by atoms with Crippen molar-refractivity contribution < 1.29 is 23.8 Å². The lowest BCUT2D eigenvalue weighted by Crippen LogP contribution is -2.44. The molecule has 1 aliphatic rings. The van der Waals surface area contributed by atoms with Crippen LogP contribution in [0, 0.1) is 0 Å². The second-order valence-electron chi connectivity index (χ2n) is 6.18. The Hall–Kier alpha value is -1.73. The topological polar surface area (TPSA) is 65.1 Å². The third-order valence-corrected chi connectivity index (χ3v) is 4.85. The van der Waals surface area contributed by atoms with Crippen molar-refractivity contribution in [3.8, 4) is 5.75 Å². The van der Waals surface area contributed by atoms with Crippen molar-refractivity contribution in [3.05, 3.63) is 24.3 Å². The molecule has 0 bridgehead atoms. The Morgan fingerprint density at radius 1 is 1.31 bits per heavy atom. The maximum absolute atomic E-state index is 12.3. The number of hydrogen-bond donors (Lipinski definition) is 0. The van der Waals surface area contributed by atoms with Gasteiger partial charge in [-0.3, -0.25) is 9.69 Å². The lowest BCUT2D eigenvalue weighted by molar-refractivity contribution is -0.159. The van der Waals surface area contributed by atoms with Crippen LogP contribution in [-0.4, -0.2) is 61.5 Å². The van der Waals surface area contributed by atoms with Crippen molar-refractivity contribution in [2.45, 2.75) is 43.8 Å². The van der Waals surface area contributed by atoms with Crippen molar-refractivity contribution in [1.82, 2.24) is 4.90 Å². The first kappa shape index (κ1) is 20.6. The second kappa shape index (κ2) is 10.4. The van der Waals surface area contributed by atoms with Gasteiger partial charge in [-0.2, -0.15) is 0 Å². The average Bonchev–Trinajstić information content (AvgIpc) is 2.62. The third kappa shape index (κ3) is 6.53. The van der Waals surface area contributed by atoms with Crippen LogP contribution >= 0.6 is 11.8 Å². The Bertz CT molecular complexity index is 592. The number of likely N-dealkylation sites (tertiary alicyclic amines) is 1. The Kier molecular flexibility index (Phi) is 8.25. The number of hydrogen-bond acceptors (Lipinski definition) is 7. The molecule has 144 valence electrons. The largest absolute Gasteiger partial charge is 0.479 e. The van der Waals surface area contributed by atoms with Gasteiger partial charge in [-0.15, -0.1) is 11.8 Å². The van der Waals surface area contributed by atoms with Gasteiger partial charge in [-0.05, 0) is 63.8 Å². The summed E-state index contributed by atoms with van der Waals surface area (Å²) in [6, 6.07) is 7.59. The normalized spacial score (nSPS) is 18.8.